The lowest BCUT2D eigenvalue weighted by Crippen LogP contribution is -2.17. The number of carbonyl (C=O) groups is 3. The second kappa shape index (κ2) is 8.26. The summed E-state index contributed by atoms with van der Waals surface area (Å²) >= 11 is 0. The Hall–Kier alpha value is -3.80. The molecule has 1 amide bonds. The Labute approximate surface area is 160 Å². The molecule has 0 saturated carbocycles. The fourth-order valence-corrected chi connectivity index (χ4v) is 2.65. The molecule has 0 aromatic heterocycles. The van der Waals surface area contributed by atoms with E-state index in [9.17, 15) is 18.8 Å². The Bertz CT molecular complexity index is 1050. The van der Waals surface area contributed by atoms with Gasteiger partial charge in [0.1, 0.15) is 11.6 Å². The molecule has 0 bridgehead atoms. The summed E-state index contributed by atoms with van der Waals surface area (Å²) in [5.41, 5.74) is 1.04. The Balaban J connectivity index is 1.92. The van der Waals surface area contributed by atoms with Crippen molar-refractivity contribution in [1.29, 1.82) is 0 Å². The van der Waals surface area contributed by atoms with Crippen molar-refractivity contribution >= 4 is 23.3 Å². The summed E-state index contributed by atoms with van der Waals surface area (Å²) in [6.07, 6.45) is 0. The van der Waals surface area contributed by atoms with Crippen LogP contribution in [0.15, 0.2) is 72.8 Å². The van der Waals surface area contributed by atoms with E-state index in [4.69, 9.17) is 4.74 Å². The predicted octanol–water partition coefficient (Wildman–Crippen LogP) is 4.23. The van der Waals surface area contributed by atoms with Gasteiger partial charge in [0.05, 0.1) is 11.3 Å². The first-order chi connectivity index (χ1) is 13.5. The van der Waals surface area contributed by atoms with Crippen LogP contribution in [0.4, 0.5) is 10.1 Å². The summed E-state index contributed by atoms with van der Waals surface area (Å²) in [7, 11) is 0. The fourth-order valence-electron chi connectivity index (χ4n) is 2.65. The Kier molecular flexibility index (Phi) is 5.60. The average molecular weight is 377 g/mol. The molecule has 0 aliphatic rings. The van der Waals surface area contributed by atoms with Gasteiger partial charge in [-0.25, -0.2) is 4.39 Å². The summed E-state index contributed by atoms with van der Waals surface area (Å²) in [5, 5.41) is 2.64. The van der Waals surface area contributed by atoms with Gasteiger partial charge in [0, 0.05) is 24.1 Å². The largest absolute Gasteiger partial charge is 0.426 e. The topological polar surface area (TPSA) is 72.5 Å². The number of halogens is 1. The lowest BCUT2D eigenvalue weighted by molar-refractivity contribution is -0.131. The number of carbonyl (C=O) groups excluding carboxylic acids is 3. The molecule has 0 fully saturated rings. The van der Waals surface area contributed by atoms with Gasteiger partial charge in [0.2, 0.25) is 0 Å². The van der Waals surface area contributed by atoms with Gasteiger partial charge in [-0.05, 0) is 24.3 Å². The molecule has 0 saturated heterocycles. The van der Waals surface area contributed by atoms with Gasteiger partial charge in [0.15, 0.2) is 5.78 Å². The van der Waals surface area contributed by atoms with E-state index < -0.39 is 17.7 Å². The molecule has 0 aliphatic heterocycles. The van der Waals surface area contributed by atoms with Crippen molar-refractivity contribution in [3.63, 3.8) is 0 Å². The number of ketones is 1. The maximum Gasteiger partial charge on any atom is 0.308 e. The van der Waals surface area contributed by atoms with Crippen molar-refractivity contribution in [3.05, 3.63) is 95.3 Å². The number of hydrogen-bond donors (Lipinski definition) is 1. The highest BCUT2D eigenvalue weighted by molar-refractivity contribution is 6.15. The zero-order chi connectivity index (χ0) is 20.1. The van der Waals surface area contributed by atoms with Gasteiger partial charge in [0.25, 0.3) is 5.91 Å². The number of esters is 1. The summed E-state index contributed by atoms with van der Waals surface area (Å²) in [4.78, 5) is 36.7. The van der Waals surface area contributed by atoms with Crippen LogP contribution in [0.1, 0.15) is 33.2 Å². The third kappa shape index (κ3) is 4.29. The van der Waals surface area contributed by atoms with E-state index in [2.05, 4.69) is 5.32 Å². The van der Waals surface area contributed by atoms with Crippen LogP contribution in [0.2, 0.25) is 0 Å². The minimum absolute atomic E-state index is 0.0291. The van der Waals surface area contributed by atoms with Crippen molar-refractivity contribution in [2.24, 2.45) is 0 Å². The van der Waals surface area contributed by atoms with E-state index in [0.717, 1.165) is 19.1 Å². The third-order valence-electron chi connectivity index (χ3n) is 3.90. The van der Waals surface area contributed by atoms with Crippen LogP contribution < -0.4 is 10.1 Å². The smallest absolute Gasteiger partial charge is 0.308 e. The molecule has 1 N–H and O–H groups in total. The predicted molar refractivity (Wildman–Crippen MR) is 102 cm³/mol. The molecule has 0 heterocycles. The second-order valence-electron chi connectivity index (χ2n) is 5.93. The van der Waals surface area contributed by atoms with Gasteiger partial charge >= 0.3 is 5.97 Å². The van der Waals surface area contributed by atoms with Crippen LogP contribution in [0.25, 0.3) is 0 Å². The first-order valence-electron chi connectivity index (χ1n) is 8.44. The first-order valence-corrected chi connectivity index (χ1v) is 8.44. The molecule has 0 aliphatic carbocycles. The highest BCUT2D eigenvalue weighted by Crippen LogP contribution is 2.24. The SMILES string of the molecule is CC(=O)Oc1cc(F)ccc1C(=O)Nc1ccccc1C(=O)c1ccccc1. The fraction of sp³-hybridized carbons (Fsp3) is 0.0455. The lowest BCUT2D eigenvalue weighted by atomic mass is 10.0. The van der Waals surface area contributed by atoms with Crippen LogP contribution >= 0.6 is 0 Å². The molecular formula is C22H16FNO4. The quantitative estimate of drug-likeness (QED) is 0.410. The highest BCUT2D eigenvalue weighted by Gasteiger charge is 2.19. The van der Waals surface area contributed by atoms with Gasteiger partial charge in [-0.1, -0.05) is 42.5 Å². The monoisotopic (exact) mass is 377 g/mol. The van der Waals surface area contributed by atoms with Crippen molar-refractivity contribution in [2.75, 3.05) is 5.32 Å². The molecule has 28 heavy (non-hydrogen) atoms. The Morgan fingerprint density at radius 1 is 0.857 bits per heavy atom. The van der Waals surface area contributed by atoms with E-state index in [1.165, 1.54) is 6.07 Å². The van der Waals surface area contributed by atoms with E-state index in [-0.39, 0.29) is 17.1 Å². The number of nitrogens with one attached hydrogen (secondary N) is 1. The molecular weight excluding hydrogens is 361 g/mol. The van der Waals surface area contributed by atoms with Crippen LogP contribution in [0.5, 0.6) is 5.75 Å². The number of ether oxygens (including phenoxy) is 1. The Morgan fingerprint density at radius 3 is 2.25 bits per heavy atom. The van der Waals surface area contributed by atoms with Crippen LogP contribution in [0, 0.1) is 5.82 Å². The summed E-state index contributed by atoms with van der Waals surface area (Å²) in [6.45, 7) is 1.15. The van der Waals surface area contributed by atoms with Gasteiger partial charge in [-0.15, -0.1) is 0 Å². The maximum atomic E-state index is 13.5. The van der Waals surface area contributed by atoms with Gasteiger partial charge < -0.3 is 10.1 Å². The van der Waals surface area contributed by atoms with Crippen molar-refractivity contribution in [3.8, 4) is 5.75 Å². The number of hydrogen-bond acceptors (Lipinski definition) is 4. The average Bonchev–Trinajstić information content (AvgIpc) is 2.68. The van der Waals surface area contributed by atoms with Crippen molar-refractivity contribution in [1.82, 2.24) is 0 Å². The first kappa shape index (κ1) is 19.0. The van der Waals surface area contributed by atoms with Gasteiger partial charge in [-0.3, -0.25) is 14.4 Å². The number of benzene rings is 3. The molecule has 6 heteroatoms. The van der Waals surface area contributed by atoms with E-state index in [0.29, 0.717) is 16.8 Å². The zero-order valence-electron chi connectivity index (χ0n) is 14.9. The molecule has 3 aromatic rings. The molecule has 0 unspecified atom stereocenters. The van der Waals surface area contributed by atoms with Crippen LogP contribution in [-0.4, -0.2) is 17.7 Å². The van der Waals surface area contributed by atoms with Crippen LogP contribution in [0.3, 0.4) is 0 Å². The zero-order valence-corrected chi connectivity index (χ0v) is 14.9. The summed E-state index contributed by atoms with van der Waals surface area (Å²) in [6, 6.07) is 18.5. The normalized spacial score (nSPS) is 10.2. The number of para-hydroxylation sites is 1. The number of anilines is 1. The van der Waals surface area contributed by atoms with Crippen molar-refractivity contribution < 1.29 is 23.5 Å². The molecule has 0 atom stereocenters. The van der Waals surface area contributed by atoms with E-state index in [1.54, 1.807) is 54.6 Å². The minimum atomic E-state index is -0.681. The van der Waals surface area contributed by atoms with Crippen molar-refractivity contribution in [2.45, 2.75) is 6.92 Å². The molecule has 0 radical (unpaired) electrons. The van der Waals surface area contributed by atoms with Gasteiger partial charge in [-0.2, -0.15) is 0 Å². The molecule has 3 rings (SSSR count). The van der Waals surface area contributed by atoms with E-state index >= 15 is 0 Å². The Morgan fingerprint density at radius 2 is 1.54 bits per heavy atom. The number of rotatable bonds is 5. The van der Waals surface area contributed by atoms with Crippen LogP contribution in [-0.2, 0) is 4.79 Å². The summed E-state index contributed by atoms with van der Waals surface area (Å²) < 4.78 is 18.4. The maximum absolute atomic E-state index is 13.5. The molecule has 0 spiro atoms. The van der Waals surface area contributed by atoms with E-state index in [1.807, 2.05) is 0 Å². The second-order valence-corrected chi connectivity index (χ2v) is 5.93. The third-order valence-corrected chi connectivity index (χ3v) is 3.90. The molecule has 140 valence electrons. The minimum Gasteiger partial charge on any atom is -0.426 e. The standard InChI is InChI=1S/C22H16FNO4/c1-14(25)28-20-13-16(23)11-12-18(20)22(27)24-19-10-6-5-9-17(19)21(26)15-7-3-2-4-8-15/h2-13H,1H3,(H,24,27). The number of amides is 1. The molecule has 5 nitrogen and oxygen atoms in total. The lowest BCUT2D eigenvalue weighted by Gasteiger charge is -2.12. The highest BCUT2D eigenvalue weighted by atomic mass is 19.1. The summed E-state index contributed by atoms with van der Waals surface area (Å²) in [5.74, 6) is -2.41. The molecule has 3 aromatic carbocycles.